The van der Waals surface area contributed by atoms with Crippen molar-refractivity contribution in [2.75, 3.05) is 24.6 Å². The van der Waals surface area contributed by atoms with Gasteiger partial charge in [-0.2, -0.15) is 5.26 Å². The average Bonchev–Trinajstić information content (AvgIpc) is 2.61. The fraction of sp³-hybridized carbons (Fsp3) is 0.263. The van der Waals surface area contributed by atoms with Crippen LogP contribution < -0.4 is 4.90 Å². The van der Waals surface area contributed by atoms with E-state index in [9.17, 15) is 10.1 Å². The summed E-state index contributed by atoms with van der Waals surface area (Å²) >= 11 is 6.28. The van der Waals surface area contributed by atoms with Crippen molar-refractivity contribution < 1.29 is 9.53 Å². The molecule has 1 saturated heterocycles. The summed E-state index contributed by atoms with van der Waals surface area (Å²) in [7, 11) is 0. The van der Waals surface area contributed by atoms with Gasteiger partial charge in [0.15, 0.2) is 5.78 Å². The van der Waals surface area contributed by atoms with Gasteiger partial charge in [0.1, 0.15) is 12.2 Å². The molecule has 0 bridgehead atoms. The Morgan fingerprint density at radius 1 is 1.33 bits per heavy atom. The lowest BCUT2D eigenvalue weighted by Crippen LogP contribution is -2.39. The maximum absolute atomic E-state index is 11.7. The molecular weight excluding hydrogens is 324 g/mol. The summed E-state index contributed by atoms with van der Waals surface area (Å²) in [6.45, 7) is 3.30. The van der Waals surface area contributed by atoms with Crippen LogP contribution in [0, 0.1) is 11.3 Å². The van der Waals surface area contributed by atoms with E-state index in [0.717, 1.165) is 11.3 Å². The molecule has 3 rings (SSSR count). The average molecular weight is 341 g/mol. The van der Waals surface area contributed by atoms with Gasteiger partial charge in [-0.1, -0.05) is 29.8 Å². The van der Waals surface area contributed by atoms with Crippen LogP contribution in [0.4, 0.5) is 5.69 Å². The molecule has 1 atom stereocenters. The van der Waals surface area contributed by atoms with Crippen LogP contribution in [0.25, 0.3) is 0 Å². The molecule has 1 heterocycles. The summed E-state index contributed by atoms with van der Waals surface area (Å²) in [6, 6.07) is 15.0. The van der Waals surface area contributed by atoms with E-state index in [1.807, 2.05) is 24.3 Å². The predicted octanol–water partition coefficient (Wildman–Crippen LogP) is 3.99. The number of nitrogens with zero attached hydrogens (tertiary/aromatic N) is 2. The van der Waals surface area contributed by atoms with E-state index in [1.54, 1.807) is 18.2 Å². The summed E-state index contributed by atoms with van der Waals surface area (Å²) in [5.41, 5.74) is 2.86. The Balaban J connectivity index is 1.93. The summed E-state index contributed by atoms with van der Waals surface area (Å²) in [5, 5.41) is 10.1. The zero-order valence-electron chi connectivity index (χ0n) is 13.3. The number of carbonyl (C=O) groups is 1. The molecule has 2 aromatic carbocycles. The lowest BCUT2D eigenvalue weighted by Gasteiger charge is -2.35. The van der Waals surface area contributed by atoms with E-state index in [0.29, 0.717) is 35.8 Å². The van der Waals surface area contributed by atoms with Crippen molar-refractivity contribution in [2.24, 2.45) is 0 Å². The highest BCUT2D eigenvalue weighted by Gasteiger charge is 2.25. The molecule has 1 aliphatic rings. The zero-order valence-corrected chi connectivity index (χ0v) is 14.1. The van der Waals surface area contributed by atoms with Crippen molar-refractivity contribution in [3.05, 3.63) is 64.2 Å². The van der Waals surface area contributed by atoms with Gasteiger partial charge < -0.3 is 9.64 Å². The Hall–Kier alpha value is -2.35. The van der Waals surface area contributed by atoms with Gasteiger partial charge in [-0.25, -0.2) is 0 Å². The molecule has 24 heavy (non-hydrogen) atoms. The van der Waals surface area contributed by atoms with Crippen molar-refractivity contribution in [2.45, 2.75) is 13.0 Å². The normalized spacial score (nSPS) is 17.4. The summed E-state index contributed by atoms with van der Waals surface area (Å²) < 4.78 is 5.87. The van der Waals surface area contributed by atoms with Gasteiger partial charge in [-0.05, 0) is 31.2 Å². The highest BCUT2D eigenvalue weighted by atomic mass is 35.5. The van der Waals surface area contributed by atoms with Crippen LogP contribution in [0.2, 0.25) is 5.02 Å². The molecule has 4 nitrogen and oxygen atoms in total. The molecule has 1 aliphatic heterocycles. The molecule has 122 valence electrons. The van der Waals surface area contributed by atoms with Crippen LogP contribution in [-0.4, -0.2) is 25.5 Å². The zero-order chi connectivity index (χ0) is 17.1. The Bertz CT molecular complexity index is 813. The minimum atomic E-state index is -0.167. The Morgan fingerprint density at radius 2 is 2.12 bits per heavy atom. The first kappa shape index (κ1) is 16.5. The first-order valence-corrected chi connectivity index (χ1v) is 8.14. The predicted molar refractivity (Wildman–Crippen MR) is 93.5 cm³/mol. The number of benzene rings is 2. The summed E-state index contributed by atoms with van der Waals surface area (Å²) in [5.74, 6) is -0.0170. The fourth-order valence-corrected chi connectivity index (χ4v) is 3.16. The van der Waals surface area contributed by atoms with E-state index in [-0.39, 0.29) is 11.9 Å². The smallest absolute Gasteiger partial charge is 0.159 e. The quantitative estimate of drug-likeness (QED) is 0.793. The third-order valence-electron chi connectivity index (χ3n) is 4.18. The van der Waals surface area contributed by atoms with Gasteiger partial charge in [-0.15, -0.1) is 0 Å². The molecule has 0 saturated carbocycles. The molecule has 1 unspecified atom stereocenters. The second kappa shape index (κ2) is 7.04. The number of ketones is 1. The lowest BCUT2D eigenvalue weighted by atomic mass is 10.0. The first-order chi connectivity index (χ1) is 11.6. The fourth-order valence-electron chi connectivity index (χ4n) is 2.90. The Morgan fingerprint density at radius 3 is 2.83 bits per heavy atom. The first-order valence-electron chi connectivity index (χ1n) is 7.76. The second-order valence-electron chi connectivity index (χ2n) is 5.73. The maximum atomic E-state index is 11.7. The molecule has 5 heteroatoms. The van der Waals surface area contributed by atoms with Crippen LogP contribution in [0.1, 0.15) is 34.5 Å². The van der Waals surface area contributed by atoms with E-state index in [1.165, 1.54) is 6.92 Å². The second-order valence-corrected chi connectivity index (χ2v) is 6.13. The van der Waals surface area contributed by atoms with Crippen molar-refractivity contribution >= 4 is 23.1 Å². The van der Waals surface area contributed by atoms with Crippen LogP contribution >= 0.6 is 11.6 Å². The largest absolute Gasteiger partial charge is 0.370 e. The van der Waals surface area contributed by atoms with Gasteiger partial charge in [0, 0.05) is 29.2 Å². The number of halogens is 1. The third kappa shape index (κ3) is 3.28. The number of Topliss-reactive ketones (excluding diaryl/α,β-unsaturated/α-hetero) is 1. The Labute approximate surface area is 146 Å². The molecular formula is C19H17ClN2O2. The van der Waals surface area contributed by atoms with Gasteiger partial charge in [0.25, 0.3) is 0 Å². The minimum Gasteiger partial charge on any atom is -0.370 e. The van der Waals surface area contributed by atoms with E-state index >= 15 is 0 Å². The van der Waals surface area contributed by atoms with Gasteiger partial charge >= 0.3 is 0 Å². The van der Waals surface area contributed by atoms with E-state index < -0.39 is 0 Å². The number of hydrogen-bond acceptors (Lipinski definition) is 4. The topological polar surface area (TPSA) is 53.3 Å². The van der Waals surface area contributed by atoms with E-state index in [2.05, 4.69) is 11.0 Å². The molecule has 0 spiro atoms. The van der Waals surface area contributed by atoms with Gasteiger partial charge in [0.05, 0.1) is 17.9 Å². The third-order valence-corrected chi connectivity index (χ3v) is 4.53. The minimum absolute atomic E-state index is 0.0170. The van der Waals surface area contributed by atoms with Crippen molar-refractivity contribution in [1.82, 2.24) is 0 Å². The van der Waals surface area contributed by atoms with Crippen molar-refractivity contribution in [3.63, 3.8) is 0 Å². The molecule has 0 amide bonds. The molecule has 0 aliphatic carbocycles. The summed E-state index contributed by atoms with van der Waals surface area (Å²) in [6.07, 6.45) is -0.167. The van der Waals surface area contributed by atoms with Crippen molar-refractivity contribution in [1.29, 1.82) is 5.26 Å². The number of ether oxygens (including phenoxy) is 1. The number of carbonyl (C=O) groups excluding carboxylic acids is 1. The molecule has 0 radical (unpaired) electrons. The van der Waals surface area contributed by atoms with Crippen LogP contribution in [-0.2, 0) is 4.74 Å². The number of anilines is 1. The highest BCUT2D eigenvalue weighted by Crippen LogP contribution is 2.32. The number of rotatable bonds is 3. The van der Waals surface area contributed by atoms with Crippen LogP contribution in [0.15, 0.2) is 42.5 Å². The standard InChI is InChI=1S/C19H17ClN2O2/c1-13(23)14-6-7-15(11-21)18(10-14)22-8-9-24-19(12-22)16-4-2-3-5-17(16)20/h2-7,10,19H,8-9,12H2,1H3. The molecule has 0 N–H and O–H groups in total. The number of nitriles is 1. The van der Waals surface area contributed by atoms with Gasteiger partial charge in [0.2, 0.25) is 0 Å². The summed E-state index contributed by atoms with van der Waals surface area (Å²) in [4.78, 5) is 13.8. The van der Waals surface area contributed by atoms with Crippen LogP contribution in [0.3, 0.4) is 0 Å². The van der Waals surface area contributed by atoms with E-state index in [4.69, 9.17) is 16.3 Å². The number of hydrogen-bond donors (Lipinski definition) is 0. The molecule has 2 aromatic rings. The maximum Gasteiger partial charge on any atom is 0.159 e. The lowest BCUT2D eigenvalue weighted by molar-refractivity contribution is 0.0398. The van der Waals surface area contributed by atoms with Crippen LogP contribution in [0.5, 0.6) is 0 Å². The molecule has 0 aromatic heterocycles. The SMILES string of the molecule is CC(=O)c1ccc(C#N)c(N2CCOC(c3ccccc3Cl)C2)c1. The van der Waals surface area contributed by atoms with Crippen molar-refractivity contribution in [3.8, 4) is 6.07 Å². The molecule has 1 fully saturated rings. The van der Waals surface area contributed by atoms with Gasteiger partial charge in [-0.3, -0.25) is 4.79 Å². The monoisotopic (exact) mass is 340 g/mol. The number of morpholine rings is 1. The Kier molecular flexibility index (Phi) is 4.84. The highest BCUT2D eigenvalue weighted by molar-refractivity contribution is 6.31.